The van der Waals surface area contributed by atoms with E-state index in [9.17, 15) is 0 Å². The van der Waals surface area contributed by atoms with E-state index in [2.05, 4.69) is 55.4 Å². The van der Waals surface area contributed by atoms with Gasteiger partial charge < -0.3 is 10.2 Å². The lowest BCUT2D eigenvalue weighted by atomic mass is 10.1. The van der Waals surface area contributed by atoms with E-state index in [4.69, 9.17) is 0 Å². The van der Waals surface area contributed by atoms with Gasteiger partial charge in [0.15, 0.2) is 0 Å². The van der Waals surface area contributed by atoms with Gasteiger partial charge in [-0.2, -0.15) is 0 Å². The fourth-order valence-electron chi connectivity index (χ4n) is 3.14. The van der Waals surface area contributed by atoms with Crippen molar-refractivity contribution in [1.82, 2.24) is 10.2 Å². The Morgan fingerprint density at radius 2 is 1.85 bits per heavy atom. The number of nitrogens with one attached hydrogen (secondary N) is 1. The van der Waals surface area contributed by atoms with Crippen LogP contribution in [0.5, 0.6) is 0 Å². The zero-order valence-electron chi connectivity index (χ0n) is 13.4. The van der Waals surface area contributed by atoms with Gasteiger partial charge in [-0.15, -0.1) is 0 Å². The lowest BCUT2D eigenvalue weighted by Gasteiger charge is -2.25. The largest absolute Gasteiger partial charge is 0.309 e. The van der Waals surface area contributed by atoms with E-state index in [0.717, 1.165) is 25.6 Å². The Morgan fingerprint density at radius 1 is 1.20 bits per heavy atom. The normalized spacial score (nSPS) is 17.8. The molecule has 0 amide bonds. The predicted octanol–water partition coefficient (Wildman–Crippen LogP) is 3.77. The van der Waals surface area contributed by atoms with Gasteiger partial charge in [-0.25, -0.2) is 0 Å². The molecule has 1 aromatic rings. The molecule has 1 saturated carbocycles. The minimum absolute atomic E-state index is 0.442. The van der Waals surface area contributed by atoms with Gasteiger partial charge in [0.2, 0.25) is 0 Å². The Hall–Kier alpha value is -0.860. The van der Waals surface area contributed by atoms with E-state index >= 15 is 0 Å². The van der Waals surface area contributed by atoms with Crippen LogP contribution in [0.3, 0.4) is 0 Å². The average molecular weight is 274 g/mol. The van der Waals surface area contributed by atoms with E-state index in [1.54, 1.807) is 0 Å². The summed E-state index contributed by atoms with van der Waals surface area (Å²) in [6, 6.07) is 10.3. The summed E-state index contributed by atoms with van der Waals surface area (Å²) in [6.45, 7) is 6.69. The molecule has 1 aromatic carbocycles. The number of likely N-dealkylation sites (N-methyl/N-ethyl adjacent to an activating group) is 1. The number of benzene rings is 1. The number of nitrogens with zero attached hydrogens (tertiary/aromatic N) is 1. The van der Waals surface area contributed by atoms with Crippen LogP contribution in [0.1, 0.15) is 56.7 Å². The summed E-state index contributed by atoms with van der Waals surface area (Å²) >= 11 is 0. The summed E-state index contributed by atoms with van der Waals surface area (Å²) < 4.78 is 0. The monoisotopic (exact) mass is 274 g/mol. The van der Waals surface area contributed by atoms with E-state index in [1.807, 2.05) is 0 Å². The molecular formula is C18H30N2. The van der Waals surface area contributed by atoms with Crippen LogP contribution in [-0.4, -0.2) is 31.1 Å². The fraction of sp³-hybridized carbons (Fsp3) is 0.667. The molecule has 2 nitrogen and oxygen atoms in total. The van der Waals surface area contributed by atoms with Gasteiger partial charge in [0.25, 0.3) is 0 Å². The fourth-order valence-corrected chi connectivity index (χ4v) is 3.14. The zero-order chi connectivity index (χ0) is 14.4. The van der Waals surface area contributed by atoms with Crippen LogP contribution in [0.2, 0.25) is 0 Å². The molecule has 20 heavy (non-hydrogen) atoms. The van der Waals surface area contributed by atoms with Crippen molar-refractivity contribution in [2.75, 3.05) is 20.1 Å². The van der Waals surface area contributed by atoms with Crippen molar-refractivity contribution in [3.05, 3.63) is 35.4 Å². The minimum Gasteiger partial charge on any atom is -0.309 e. The molecular weight excluding hydrogens is 244 g/mol. The van der Waals surface area contributed by atoms with Crippen molar-refractivity contribution in [2.45, 2.75) is 58.0 Å². The standard InChI is InChI=1S/C18H30N2/c1-4-16-9-11-17(12-10-16)15(2)19-13-14-20(3)18-7-5-6-8-18/h9-12,15,18-19H,4-8,13-14H2,1-3H3. The molecule has 0 heterocycles. The number of hydrogen-bond donors (Lipinski definition) is 1. The Labute approximate surface area is 124 Å². The molecule has 112 valence electrons. The third-order valence-corrected chi connectivity index (χ3v) is 4.75. The van der Waals surface area contributed by atoms with Gasteiger partial charge in [-0.3, -0.25) is 0 Å². The van der Waals surface area contributed by atoms with E-state index in [-0.39, 0.29) is 0 Å². The van der Waals surface area contributed by atoms with Crippen molar-refractivity contribution in [1.29, 1.82) is 0 Å². The highest BCUT2D eigenvalue weighted by molar-refractivity contribution is 5.24. The van der Waals surface area contributed by atoms with Gasteiger partial charge in [0, 0.05) is 25.2 Å². The highest BCUT2D eigenvalue weighted by Crippen LogP contribution is 2.22. The minimum atomic E-state index is 0.442. The van der Waals surface area contributed by atoms with Crippen LogP contribution in [0.25, 0.3) is 0 Å². The molecule has 1 unspecified atom stereocenters. The smallest absolute Gasteiger partial charge is 0.0292 e. The Morgan fingerprint density at radius 3 is 2.45 bits per heavy atom. The highest BCUT2D eigenvalue weighted by Gasteiger charge is 2.18. The molecule has 0 aromatic heterocycles. The molecule has 1 atom stereocenters. The quantitative estimate of drug-likeness (QED) is 0.814. The SMILES string of the molecule is CCc1ccc(C(C)NCCN(C)C2CCCC2)cc1. The molecule has 2 heteroatoms. The van der Waals surface area contributed by atoms with Crippen LogP contribution >= 0.6 is 0 Å². The van der Waals surface area contributed by atoms with Crippen molar-refractivity contribution >= 4 is 0 Å². The Balaban J connectivity index is 1.72. The first-order valence-electron chi connectivity index (χ1n) is 8.23. The summed E-state index contributed by atoms with van der Waals surface area (Å²) in [5.41, 5.74) is 2.81. The van der Waals surface area contributed by atoms with E-state index in [1.165, 1.54) is 36.8 Å². The highest BCUT2D eigenvalue weighted by atomic mass is 15.1. The third kappa shape index (κ3) is 4.32. The van der Waals surface area contributed by atoms with Crippen molar-refractivity contribution < 1.29 is 0 Å². The van der Waals surface area contributed by atoms with Gasteiger partial charge in [-0.1, -0.05) is 44.0 Å². The molecule has 1 aliphatic carbocycles. The van der Waals surface area contributed by atoms with Gasteiger partial charge >= 0.3 is 0 Å². The topological polar surface area (TPSA) is 15.3 Å². The molecule has 0 radical (unpaired) electrons. The number of aryl methyl sites for hydroxylation is 1. The molecule has 0 saturated heterocycles. The van der Waals surface area contributed by atoms with Gasteiger partial charge in [0.05, 0.1) is 0 Å². The first-order chi connectivity index (χ1) is 9.70. The summed E-state index contributed by atoms with van der Waals surface area (Å²) in [7, 11) is 2.28. The number of rotatable bonds is 7. The van der Waals surface area contributed by atoms with E-state index < -0.39 is 0 Å². The molecule has 0 aliphatic heterocycles. The van der Waals surface area contributed by atoms with Crippen molar-refractivity contribution in [2.24, 2.45) is 0 Å². The summed E-state index contributed by atoms with van der Waals surface area (Å²) in [4.78, 5) is 2.53. The van der Waals surface area contributed by atoms with Crippen LogP contribution in [0.4, 0.5) is 0 Å². The molecule has 2 rings (SSSR count). The molecule has 1 N–H and O–H groups in total. The van der Waals surface area contributed by atoms with Gasteiger partial charge in [-0.05, 0) is 44.4 Å². The second-order valence-electron chi connectivity index (χ2n) is 6.19. The maximum Gasteiger partial charge on any atom is 0.0292 e. The maximum atomic E-state index is 3.65. The lowest BCUT2D eigenvalue weighted by molar-refractivity contribution is 0.243. The summed E-state index contributed by atoms with van der Waals surface area (Å²) in [6.07, 6.45) is 6.74. The van der Waals surface area contributed by atoms with Crippen molar-refractivity contribution in [3.63, 3.8) is 0 Å². The second kappa shape index (κ2) is 7.80. The van der Waals surface area contributed by atoms with Gasteiger partial charge in [0.1, 0.15) is 0 Å². The third-order valence-electron chi connectivity index (χ3n) is 4.75. The zero-order valence-corrected chi connectivity index (χ0v) is 13.4. The first kappa shape index (κ1) is 15.5. The van der Waals surface area contributed by atoms with Crippen molar-refractivity contribution in [3.8, 4) is 0 Å². The number of hydrogen-bond acceptors (Lipinski definition) is 2. The molecule has 0 bridgehead atoms. The summed E-state index contributed by atoms with van der Waals surface area (Å²) in [5.74, 6) is 0. The van der Waals surface area contributed by atoms with Crippen LogP contribution in [0, 0.1) is 0 Å². The van der Waals surface area contributed by atoms with Crippen LogP contribution < -0.4 is 5.32 Å². The van der Waals surface area contributed by atoms with Crippen LogP contribution in [0.15, 0.2) is 24.3 Å². The average Bonchev–Trinajstić information content (AvgIpc) is 3.01. The molecule has 0 spiro atoms. The van der Waals surface area contributed by atoms with E-state index in [0.29, 0.717) is 6.04 Å². The summed E-state index contributed by atoms with van der Waals surface area (Å²) in [5, 5.41) is 3.65. The lowest BCUT2D eigenvalue weighted by Crippen LogP contribution is -2.36. The molecule has 1 aliphatic rings. The molecule has 1 fully saturated rings. The Bertz CT molecular complexity index is 379. The van der Waals surface area contributed by atoms with Crippen LogP contribution in [-0.2, 0) is 6.42 Å². The second-order valence-corrected chi connectivity index (χ2v) is 6.19. The maximum absolute atomic E-state index is 3.65. The Kier molecular flexibility index (Phi) is 6.06. The first-order valence-corrected chi connectivity index (χ1v) is 8.23. The predicted molar refractivity (Wildman–Crippen MR) is 87.1 cm³/mol.